The maximum absolute atomic E-state index is 5.92. The van der Waals surface area contributed by atoms with Crippen LogP contribution in [0.5, 0.6) is 0 Å². The molecule has 0 aromatic heterocycles. The summed E-state index contributed by atoms with van der Waals surface area (Å²) in [5.74, 6) is 6.44. The van der Waals surface area contributed by atoms with Gasteiger partial charge in [0.15, 0.2) is 0 Å². The van der Waals surface area contributed by atoms with E-state index in [0.29, 0.717) is 5.92 Å². The van der Waals surface area contributed by atoms with Gasteiger partial charge < -0.3 is 4.74 Å². The first-order valence-corrected chi connectivity index (χ1v) is 8.21. The van der Waals surface area contributed by atoms with Crippen molar-refractivity contribution in [3.63, 3.8) is 0 Å². The van der Waals surface area contributed by atoms with Gasteiger partial charge in [-0.15, -0.1) is 0 Å². The molecule has 1 aliphatic carbocycles. The van der Waals surface area contributed by atoms with Gasteiger partial charge in [-0.05, 0) is 36.3 Å². The van der Waals surface area contributed by atoms with Crippen molar-refractivity contribution in [1.82, 2.24) is 5.43 Å². The van der Waals surface area contributed by atoms with Gasteiger partial charge in [-0.2, -0.15) is 0 Å². The summed E-state index contributed by atoms with van der Waals surface area (Å²) < 4.78 is 5.92. The van der Waals surface area contributed by atoms with Gasteiger partial charge in [0.25, 0.3) is 0 Å². The molecule has 1 aliphatic rings. The van der Waals surface area contributed by atoms with E-state index < -0.39 is 0 Å². The van der Waals surface area contributed by atoms with Crippen molar-refractivity contribution in [1.29, 1.82) is 0 Å². The van der Waals surface area contributed by atoms with Crippen LogP contribution in [0, 0.1) is 0 Å². The first-order chi connectivity index (χ1) is 10.1. The van der Waals surface area contributed by atoms with E-state index in [9.17, 15) is 0 Å². The van der Waals surface area contributed by atoms with Gasteiger partial charge in [0.2, 0.25) is 0 Å². The minimum Gasteiger partial charge on any atom is -0.377 e. The van der Waals surface area contributed by atoms with E-state index in [4.69, 9.17) is 10.6 Å². The van der Waals surface area contributed by atoms with E-state index in [1.54, 1.807) is 0 Å². The lowest BCUT2D eigenvalue weighted by Gasteiger charge is -2.42. The minimum atomic E-state index is -0.107. The van der Waals surface area contributed by atoms with Crippen LogP contribution in [0.25, 0.3) is 0 Å². The van der Waals surface area contributed by atoms with E-state index in [0.717, 1.165) is 19.3 Å². The molecule has 2 rings (SSSR count). The molecule has 3 N–H and O–H groups in total. The summed E-state index contributed by atoms with van der Waals surface area (Å²) in [4.78, 5) is 0. The molecule has 1 fully saturated rings. The van der Waals surface area contributed by atoms with E-state index in [2.05, 4.69) is 43.5 Å². The van der Waals surface area contributed by atoms with Gasteiger partial charge in [-0.25, -0.2) is 0 Å². The number of hydrogen-bond acceptors (Lipinski definition) is 3. The lowest BCUT2D eigenvalue weighted by Crippen LogP contribution is -2.56. The third kappa shape index (κ3) is 3.85. The van der Waals surface area contributed by atoms with Crippen molar-refractivity contribution < 1.29 is 4.74 Å². The molecule has 1 aromatic rings. The predicted octanol–water partition coefficient (Wildman–Crippen LogP) is 3.53. The van der Waals surface area contributed by atoms with Crippen LogP contribution < -0.4 is 11.3 Å². The molecule has 0 saturated heterocycles. The fourth-order valence-electron chi connectivity index (χ4n) is 3.52. The number of rotatable bonds is 6. The lowest BCUT2D eigenvalue weighted by molar-refractivity contribution is -0.0673. The number of ether oxygens (including phenoxy) is 1. The van der Waals surface area contributed by atoms with Crippen molar-refractivity contribution >= 4 is 0 Å². The van der Waals surface area contributed by atoms with Crippen molar-refractivity contribution in [2.75, 3.05) is 7.11 Å². The quantitative estimate of drug-likeness (QED) is 0.622. The van der Waals surface area contributed by atoms with Crippen molar-refractivity contribution in [2.45, 2.75) is 69.9 Å². The lowest BCUT2D eigenvalue weighted by atomic mass is 9.77. The first kappa shape index (κ1) is 16.5. The third-order valence-electron chi connectivity index (χ3n) is 5.03. The molecule has 0 spiro atoms. The van der Waals surface area contributed by atoms with Crippen LogP contribution in [-0.2, 0) is 11.2 Å². The number of benzene rings is 1. The van der Waals surface area contributed by atoms with Gasteiger partial charge in [0.05, 0.1) is 11.6 Å². The normalized spacial score (nSPS) is 19.7. The van der Waals surface area contributed by atoms with E-state index in [-0.39, 0.29) is 11.6 Å². The highest BCUT2D eigenvalue weighted by atomic mass is 16.5. The Hall–Kier alpha value is -0.900. The molecule has 3 nitrogen and oxygen atoms in total. The molecule has 3 heteroatoms. The highest BCUT2D eigenvalue weighted by Gasteiger charge is 2.39. The number of nitrogens with two attached hydrogens (primary N) is 1. The third-order valence-corrected chi connectivity index (χ3v) is 5.03. The zero-order valence-electron chi connectivity index (χ0n) is 13.7. The Labute approximate surface area is 129 Å². The highest BCUT2D eigenvalue weighted by Crippen LogP contribution is 2.35. The molecular formula is C18H30N2O. The van der Waals surface area contributed by atoms with Gasteiger partial charge in [0, 0.05) is 7.11 Å². The highest BCUT2D eigenvalue weighted by molar-refractivity contribution is 5.25. The second kappa shape index (κ2) is 7.39. The Bertz CT molecular complexity index is 421. The Balaban J connectivity index is 2.10. The summed E-state index contributed by atoms with van der Waals surface area (Å²) in [6.45, 7) is 4.45. The van der Waals surface area contributed by atoms with Crippen LogP contribution in [0.3, 0.4) is 0 Å². The summed E-state index contributed by atoms with van der Waals surface area (Å²) in [7, 11) is 1.83. The molecule has 1 atom stereocenters. The molecule has 118 valence electrons. The molecule has 0 aliphatic heterocycles. The largest absolute Gasteiger partial charge is 0.377 e. The van der Waals surface area contributed by atoms with Gasteiger partial charge in [-0.3, -0.25) is 11.3 Å². The predicted molar refractivity (Wildman–Crippen MR) is 88.2 cm³/mol. The average Bonchev–Trinajstić information content (AvgIpc) is 2.53. The van der Waals surface area contributed by atoms with Crippen molar-refractivity contribution in [2.24, 2.45) is 5.84 Å². The number of hydrogen-bond donors (Lipinski definition) is 2. The Morgan fingerprint density at radius 2 is 1.76 bits per heavy atom. The molecular weight excluding hydrogens is 260 g/mol. The monoisotopic (exact) mass is 290 g/mol. The Morgan fingerprint density at radius 3 is 2.24 bits per heavy atom. The molecule has 0 amide bonds. The van der Waals surface area contributed by atoms with Crippen LogP contribution >= 0.6 is 0 Å². The fraction of sp³-hybridized carbons (Fsp3) is 0.667. The summed E-state index contributed by atoms with van der Waals surface area (Å²) in [6.07, 6.45) is 6.90. The van der Waals surface area contributed by atoms with Crippen LogP contribution in [0.15, 0.2) is 24.3 Å². The molecule has 0 bridgehead atoms. The molecule has 0 radical (unpaired) electrons. The molecule has 1 aromatic carbocycles. The zero-order valence-corrected chi connectivity index (χ0v) is 13.7. The molecule has 21 heavy (non-hydrogen) atoms. The second-order valence-electron chi connectivity index (χ2n) is 6.65. The van der Waals surface area contributed by atoms with E-state index in [1.807, 2.05) is 7.11 Å². The van der Waals surface area contributed by atoms with Gasteiger partial charge in [0.1, 0.15) is 0 Å². The summed E-state index contributed by atoms with van der Waals surface area (Å²) in [5, 5.41) is 0. The van der Waals surface area contributed by atoms with Crippen molar-refractivity contribution in [3.05, 3.63) is 35.4 Å². The zero-order chi connectivity index (χ0) is 15.3. The van der Waals surface area contributed by atoms with Crippen LogP contribution in [-0.4, -0.2) is 18.8 Å². The summed E-state index contributed by atoms with van der Waals surface area (Å²) in [5.41, 5.74) is 5.62. The fourth-order valence-corrected chi connectivity index (χ4v) is 3.52. The Kier molecular flexibility index (Phi) is 5.80. The van der Waals surface area contributed by atoms with E-state index >= 15 is 0 Å². The number of hydrazine groups is 1. The van der Waals surface area contributed by atoms with Crippen LogP contribution in [0.4, 0.5) is 0 Å². The smallest absolute Gasteiger partial charge is 0.0847 e. The summed E-state index contributed by atoms with van der Waals surface area (Å²) in [6, 6.07) is 9.09. The van der Waals surface area contributed by atoms with Crippen LogP contribution in [0.2, 0.25) is 0 Å². The van der Waals surface area contributed by atoms with Crippen LogP contribution in [0.1, 0.15) is 63.0 Å². The standard InChI is InChI=1S/C18H30N2O/c1-14(2)16-9-7-15(8-10-16)13-17(20-19)18(21-3)11-5-4-6-12-18/h7-10,14,17,20H,4-6,11-13,19H2,1-3H3. The molecule has 1 saturated carbocycles. The first-order valence-electron chi connectivity index (χ1n) is 8.21. The van der Waals surface area contributed by atoms with Gasteiger partial charge in [-0.1, -0.05) is 57.4 Å². The minimum absolute atomic E-state index is 0.107. The Morgan fingerprint density at radius 1 is 1.14 bits per heavy atom. The van der Waals surface area contributed by atoms with Crippen molar-refractivity contribution in [3.8, 4) is 0 Å². The SMILES string of the molecule is COC1(C(Cc2ccc(C(C)C)cc2)NN)CCCCC1. The number of methoxy groups -OCH3 is 1. The van der Waals surface area contributed by atoms with E-state index in [1.165, 1.54) is 30.4 Å². The molecule has 1 unspecified atom stereocenters. The summed E-state index contributed by atoms with van der Waals surface area (Å²) >= 11 is 0. The average molecular weight is 290 g/mol. The maximum atomic E-state index is 5.92. The maximum Gasteiger partial charge on any atom is 0.0847 e. The topological polar surface area (TPSA) is 47.3 Å². The second-order valence-corrected chi connectivity index (χ2v) is 6.65. The number of nitrogens with one attached hydrogen (secondary N) is 1. The van der Waals surface area contributed by atoms with Gasteiger partial charge >= 0.3 is 0 Å². The molecule has 0 heterocycles.